The van der Waals surface area contributed by atoms with E-state index in [-0.39, 0.29) is 17.8 Å². The van der Waals surface area contributed by atoms with Crippen LogP contribution in [0, 0.1) is 0 Å². The summed E-state index contributed by atoms with van der Waals surface area (Å²) >= 11 is 0. The van der Waals surface area contributed by atoms with Crippen molar-refractivity contribution < 1.29 is 28.4 Å². The van der Waals surface area contributed by atoms with Gasteiger partial charge < -0.3 is 18.8 Å². The van der Waals surface area contributed by atoms with E-state index >= 15 is 0 Å². The van der Waals surface area contributed by atoms with Crippen LogP contribution >= 0.6 is 0 Å². The van der Waals surface area contributed by atoms with Crippen LogP contribution in [0.5, 0.6) is 0 Å². The van der Waals surface area contributed by atoms with E-state index in [1.165, 1.54) is 6.92 Å². The molecule has 2 aromatic carbocycles. The van der Waals surface area contributed by atoms with Gasteiger partial charge in [-0.2, -0.15) is 0 Å². The van der Waals surface area contributed by atoms with Gasteiger partial charge in [-0.05, 0) is 70.3 Å². The fraction of sp³-hybridized carbons (Fsp3) is 0.417. The summed E-state index contributed by atoms with van der Waals surface area (Å²) in [6, 6.07) is 15.0. The summed E-state index contributed by atoms with van der Waals surface area (Å²) in [5.74, 6) is -1.13. The Hall–Kier alpha value is -2.64. The maximum atomic E-state index is 12.3. The lowest BCUT2D eigenvalue weighted by atomic mass is 9.78. The third-order valence-electron chi connectivity index (χ3n) is 5.79. The van der Waals surface area contributed by atoms with Crippen LogP contribution in [-0.2, 0) is 23.6 Å². The fourth-order valence-corrected chi connectivity index (χ4v) is 3.15. The van der Waals surface area contributed by atoms with Gasteiger partial charge in [-0.15, -0.1) is 0 Å². The van der Waals surface area contributed by atoms with E-state index < -0.39 is 25.2 Å². The Balaban J connectivity index is 1.66. The molecule has 0 aliphatic carbocycles. The Kier molecular flexibility index (Phi) is 6.58. The minimum absolute atomic E-state index is 0.239. The average molecular weight is 424 g/mol. The van der Waals surface area contributed by atoms with Crippen LogP contribution in [0.1, 0.15) is 51.9 Å². The number of carbonyl (C=O) groups excluding carboxylic acids is 2. The molecule has 0 unspecified atom stereocenters. The lowest BCUT2D eigenvalue weighted by Gasteiger charge is -2.32. The van der Waals surface area contributed by atoms with Crippen molar-refractivity contribution >= 4 is 24.5 Å². The second kappa shape index (κ2) is 8.85. The molecule has 1 aliphatic heterocycles. The molecule has 6 nitrogen and oxygen atoms in total. The fourth-order valence-electron chi connectivity index (χ4n) is 3.15. The molecule has 0 N–H and O–H groups in total. The Morgan fingerprint density at radius 1 is 0.903 bits per heavy atom. The van der Waals surface area contributed by atoms with Gasteiger partial charge in [0.2, 0.25) is 0 Å². The molecule has 1 saturated heterocycles. The molecule has 0 saturated carbocycles. The summed E-state index contributed by atoms with van der Waals surface area (Å²) < 4.78 is 22.2. The third-order valence-corrected chi connectivity index (χ3v) is 5.79. The molecule has 0 amide bonds. The highest BCUT2D eigenvalue weighted by molar-refractivity contribution is 6.62. The van der Waals surface area contributed by atoms with Crippen molar-refractivity contribution in [3.05, 3.63) is 54.1 Å². The largest absolute Gasteiger partial charge is 0.494 e. The molecule has 1 fully saturated rings. The van der Waals surface area contributed by atoms with Gasteiger partial charge >= 0.3 is 19.1 Å². The maximum Gasteiger partial charge on any atom is 0.494 e. The van der Waals surface area contributed by atoms with Crippen molar-refractivity contribution in [2.45, 2.75) is 58.8 Å². The first-order valence-corrected chi connectivity index (χ1v) is 10.5. The number of ether oxygens (including phenoxy) is 2. The first-order valence-electron chi connectivity index (χ1n) is 10.5. The molecule has 164 valence electrons. The van der Waals surface area contributed by atoms with Gasteiger partial charge in [0.05, 0.1) is 23.4 Å². The monoisotopic (exact) mass is 424 g/mol. The van der Waals surface area contributed by atoms with Gasteiger partial charge in [-0.3, -0.25) is 0 Å². The average Bonchev–Trinajstić information content (AvgIpc) is 2.95. The molecule has 1 atom stereocenters. The predicted molar refractivity (Wildman–Crippen MR) is 119 cm³/mol. The van der Waals surface area contributed by atoms with Crippen molar-refractivity contribution in [3.63, 3.8) is 0 Å². The SMILES string of the molecule is CCOC(=O)[C@H](C)OC(=O)c1ccc(-c2ccc(B3OC(C)(C)C(C)(C)O3)cc2)cc1. The number of hydrogen-bond acceptors (Lipinski definition) is 6. The molecule has 0 aromatic heterocycles. The van der Waals surface area contributed by atoms with Gasteiger partial charge in [0, 0.05) is 0 Å². The third kappa shape index (κ3) is 5.00. The Morgan fingerprint density at radius 2 is 1.39 bits per heavy atom. The van der Waals surface area contributed by atoms with E-state index in [0.717, 1.165) is 16.6 Å². The maximum absolute atomic E-state index is 12.3. The quantitative estimate of drug-likeness (QED) is 0.520. The van der Waals surface area contributed by atoms with Gasteiger partial charge in [0.25, 0.3) is 0 Å². The highest BCUT2D eigenvalue weighted by atomic mass is 16.7. The van der Waals surface area contributed by atoms with Gasteiger partial charge in [-0.25, -0.2) is 9.59 Å². The van der Waals surface area contributed by atoms with Crippen molar-refractivity contribution in [1.82, 2.24) is 0 Å². The minimum Gasteiger partial charge on any atom is -0.463 e. The van der Waals surface area contributed by atoms with Crippen LogP contribution in [0.4, 0.5) is 0 Å². The van der Waals surface area contributed by atoms with Gasteiger partial charge in [0.1, 0.15) is 0 Å². The van der Waals surface area contributed by atoms with Gasteiger partial charge in [0.15, 0.2) is 6.10 Å². The number of esters is 2. The topological polar surface area (TPSA) is 71.1 Å². The minimum atomic E-state index is -0.949. The van der Waals surface area contributed by atoms with Crippen LogP contribution < -0.4 is 5.46 Å². The van der Waals surface area contributed by atoms with Gasteiger partial charge in [-0.1, -0.05) is 36.4 Å². The summed E-state index contributed by atoms with van der Waals surface area (Å²) in [7, 11) is -0.405. The molecule has 0 bridgehead atoms. The molecule has 2 aromatic rings. The van der Waals surface area contributed by atoms with E-state index in [4.69, 9.17) is 18.8 Å². The van der Waals surface area contributed by atoms with Crippen LogP contribution in [0.25, 0.3) is 11.1 Å². The first kappa shape index (κ1) is 23.0. The zero-order chi connectivity index (χ0) is 22.8. The van der Waals surface area contributed by atoms with Crippen molar-refractivity contribution in [2.24, 2.45) is 0 Å². The molecule has 0 spiro atoms. The zero-order valence-electron chi connectivity index (χ0n) is 18.9. The lowest BCUT2D eigenvalue weighted by Crippen LogP contribution is -2.41. The molecule has 31 heavy (non-hydrogen) atoms. The molecule has 0 radical (unpaired) electrons. The normalized spacial score (nSPS) is 17.8. The van der Waals surface area contributed by atoms with E-state index in [2.05, 4.69) is 0 Å². The predicted octanol–water partition coefficient (Wildman–Crippen LogP) is 3.76. The summed E-state index contributed by atoms with van der Waals surface area (Å²) in [6.07, 6.45) is -0.949. The number of hydrogen-bond donors (Lipinski definition) is 0. The summed E-state index contributed by atoms with van der Waals surface area (Å²) in [6.45, 7) is 11.5. The molecule has 1 aliphatic rings. The zero-order valence-corrected chi connectivity index (χ0v) is 18.9. The molecule has 3 rings (SSSR count). The van der Waals surface area contributed by atoms with Crippen molar-refractivity contribution in [3.8, 4) is 11.1 Å². The highest BCUT2D eigenvalue weighted by Crippen LogP contribution is 2.36. The summed E-state index contributed by atoms with van der Waals surface area (Å²) in [5, 5.41) is 0. The van der Waals surface area contributed by atoms with E-state index in [1.807, 2.05) is 64.1 Å². The number of benzene rings is 2. The van der Waals surface area contributed by atoms with Crippen LogP contribution in [0.2, 0.25) is 0 Å². The Morgan fingerprint density at radius 3 is 1.87 bits per heavy atom. The highest BCUT2D eigenvalue weighted by Gasteiger charge is 2.51. The Bertz CT molecular complexity index is 918. The number of rotatable bonds is 6. The van der Waals surface area contributed by atoms with Crippen molar-refractivity contribution in [2.75, 3.05) is 6.61 Å². The molecular weight excluding hydrogens is 395 g/mol. The second-order valence-electron chi connectivity index (χ2n) is 8.59. The van der Waals surface area contributed by atoms with Crippen LogP contribution in [-0.4, -0.2) is 43.0 Å². The second-order valence-corrected chi connectivity index (χ2v) is 8.59. The van der Waals surface area contributed by atoms with Crippen molar-refractivity contribution in [1.29, 1.82) is 0 Å². The van der Waals surface area contributed by atoms with E-state index in [1.54, 1.807) is 19.1 Å². The summed E-state index contributed by atoms with van der Waals surface area (Å²) in [4.78, 5) is 23.9. The first-order chi connectivity index (χ1) is 14.5. The summed E-state index contributed by atoms with van der Waals surface area (Å²) in [5.41, 5.74) is 2.51. The van der Waals surface area contributed by atoms with Crippen LogP contribution in [0.15, 0.2) is 48.5 Å². The molecule has 1 heterocycles. The number of carbonyl (C=O) groups is 2. The van der Waals surface area contributed by atoms with Crippen LogP contribution in [0.3, 0.4) is 0 Å². The Labute approximate surface area is 184 Å². The lowest BCUT2D eigenvalue weighted by molar-refractivity contribution is -0.152. The van der Waals surface area contributed by atoms with E-state index in [9.17, 15) is 9.59 Å². The standard InChI is InChI=1S/C24H29BO6/c1-7-28-21(26)16(2)29-22(27)19-10-8-17(9-11-19)18-12-14-20(15-13-18)25-30-23(3,4)24(5,6)31-25/h8-16H,7H2,1-6H3/t16-/m0/s1. The van der Waals surface area contributed by atoms with E-state index in [0.29, 0.717) is 5.56 Å². The smallest absolute Gasteiger partial charge is 0.463 e. The molecule has 7 heteroatoms. The molecular formula is C24H29BO6.